The van der Waals surface area contributed by atoms with Gasteiger partial charge < -0.3 is 9.64 Å². The van der Waals surface area contributed by atoms with Gasteiger partial charge in [0.25, 0.3) is 0 Å². The highest BCUT2D eigenvalue weighted by atomic mass is 16.5. The van der Waals surface area contributed by atoms with E-state index in [0.29, 0.717) is 11.5 Å². The van der Waals surface area contributed by atoms with Gasteiger partial charge in [-0.3, -0.25) is 0 Å². The van der Waals surface area contributed by atoms with Crippen LogP contribution in [0.2, 0.25) is 0 Å². The third kappa shape index (κ3) is 2.28. The molecule has 1 unspecified atom stereocenters. The molecule has 0 amide bonds. The van der Waals surface area contributed by atoms with E-state index >= 15 is 0 Å². The number of ether oxygens (including phenoxy) is 1. The molecule has 116 valence electrons. The zero-order valence-electron chi connectivity index (χ0n) is 14.0. The van der Waals surface area contributed by atoms with Gasteiger partial charge >= 0.3 is 0 Å². The van der Waals surface area contributed by atoms with Gasteiger partial charge in [-0.05, 0) is 69.0 Å². The summed E-state index contributed by atoms with van der Waals surface area (Å²) in [5.74, 6) is 1.82. The van der Waals surface area contributed by atoms with E-state index in [1.807, 2.05) is 0 Å². The molecule has 2 heteroatoms. The number of hydrogen-bond donors (Lipinski definition) is 0. The maximum absolute atomic E-state index is 5.52. The zero-order chi connectivity index (χ0) is 15.0. The van der Waals surface area contributed by atoms with Crippen LogP contribution >= 0.6 is 0 Å². The van der Waals surface area contributed by atoms with E-state index in [1.165, 1.54) is 38.5 Å². The van der Waals surface area contributed by atoms with E-state index in [1.54, 1.807) is 18.2 Å². The van der Waals surface area contributed by atoms with Gasteiger partial charge in [0, 0.05) is 11.5 Å². The first-order chi connectivity index (χ1) is 10.1. The summed E-state index contributed by atoms with van der Waals surface area (Å²) in [6, 6.07) is 7.47. The highest BCUT2D eigenvalue weighted by Crippen LogP contribution is 2.51. The van der Waals surface area contributed by atoms with Crippen LogP contribution in [0.25, 0.3) is 0 Å². The summed E-state index contributed by atoms with van der Waals surface area (Å²) < 4.78 is 5.52. The van der Waals surface area contributed by atoms with E-state index in [2.05, 4.69) is 44.1 Å². The number of fused-ring (bicyclic) bond motifs is 4. The number of rotatable bonds is 3. The van der Waals surface area contributed by atoms with Crippen molar-refractivity contribution in [1.82, 2.24) is 4.90 Å². The summed E-state index contributed by atoms with van der Waals surface area (Å²) in [7, 11) is 6.33. The summed E-state index contributed by atoms with van der Waals surface area (Å²) in [5, 5.41) is 0. The predicted molar refractivity (Wildman–Crippen MR) is 88.1 cm³/mol. The molecule has 3 rings (SSSR count). The van der Waals surface area contributed by atoms with Gasteiger partial charge in [0.15, 0.2) is 0 Å². The number of nitrogens with zero attached hydrogens (tertiary/aromatic N) is 1. The van der Waals surface area contributed by atoms with Gasteiger partial charge in [-0.1, -0.05) is 25.8 Å². The fourth-order valence-corrected chi connectivity index (χ4v) is 5.21. The predicted octanol–water partition coefficient (Wildman–Crippen LogP) is 4.02. The summed E-state index contributed by atoms with van der Waals surface area (Å²) in [5.41, 5.74) is 3.45. The molecule has 0 spiro atoms. The average Bonchev–Trinajstić information content (AvgIpc) is 2.63. The Kier molecular flexibility index (Phi) is 4.00. The lowest BCUT2D eigenvalue weighted by Gasteiger charge is -2.51. The quantitative estimate of drug-likeness (QED) is 0.832. The van der Waals surface area contributed by atoms with Gasteiger partial charge in [0.2, 0.25) is 0 Å². The van der Waals surface area contributed by atoms with E-state index in [4.69, 9.17) is 4.74 Å². The summed E-state index contributed by atoms with van der Waals surface area (Å²) >= 11 is 0. The van der Waals surface area contributed by atoms with Crippen LogP contribution in [0.5, 0.6) is 5.75 Å². The average molecular weight is 287 g/mol. The molecule has 1 aromatic carbocycles. The largest absolute Gasteiger partial charge is 0.497 e. The van der Waals surface area contributed by atoms with Crippen molar-refractivity contribution in [3.8, 4) is 5.75 Å². The molecule has 2 nitrogen and oxygen atoms in total. The van der Waals surface area contributed by atoms with Crippen molar-refractivity contribution in [2.75, 3.05) is 21.2 Å². The second kappa shape index (κ2) is 5.64. The normalized spacial score (nSPS) is 31.7. The first-order valence-electron chi connectivity index (χ1n) is 8.46. The van der Waals surface area contributed by atoms with E-state index in [0.717, 1.165) is 11.7 Å². The second-order valence-electron chi connectivity index (χ2n) is 7.15. The van der Waals surface area contributed by atoms with Gasteiger partial charge in [0.05, 0.1) is 7.11 Å². The van der Waals surface area contributed by atoms with Crippen LogP contribution in [-0.4, -0.2) is 32.1 Å². The first kappa shape index (κ1) is 14.9. The fraction of sp³-hybridized carbons (Fsp3) is 0.684. The van der Waals surface area contributed by atoms with Gasteiger partial charge in [-0.25, -0.2) is 0 Å². The van der Waals surface area contributed by atoms with E-state index in [9.17, 15) is 0 Å². The summed E-state index contributed by atoms with van der Waals surface area (Å²) in [4.78, 5) is 2.50. The van der Waals surface area contributed by atoms with Crippen LogP contribution in [0.4, 0.5) is 0 Å². The maximum Gasteiger partial charge on any atom is 0.119 e. The van der Waals surface area contributed by atoms with Crippen LogP contribution in [-0.2, 0) is 11.8 Å². The lowest BCUT2D eigenvalue weighted by molar-refractivity contribution is 0.0942. The molecule has 21 heavy (non-hydrogen) atoms. The van der Waals surface area contributed by atoms with Crippen molar-refractivity contribution in [1.29, 1.82) is 0 Å². The standard InChI is InChI=1S/C19H29NO/c1-5-19-11-7-6-8-15(18(19)20(2)3)12-14-9-10-16(21-4)13-17(14)19/h9-10,13,15,18H,5-8,11-12H2,1-4H3/t15?,18-,19+/m0/s1. The minimum Gasteiger partial charge on any atom is -0.497 e. The SMILES string of the molecule is CC[C@@]12CCCCC(Cc3ccc(OC)cc31)[C@@H]2N(C)C. The smallest absolute Gasteiger partial charge is 0.119 e. The Labute approximate surface area is 129 Å². The molecular formula is C19H29NO. The van der Waals surface area contributed by atoms with Crippen molar-refractivity contribution < 1.29 is 4.74 Å². The Morgan fingerprint density at radius 1 is 1.29 bits per heavy atom. The van der Waals surface area contributed by atoms with Crippen molar-refractivity contribution in [3.05, 3.63) is 29.3 Å². The molecular weight excluding hydrogens is 258 g/mol. The van der Waals surface area contributed by atoms with Crippen molar-refractivity contribution in [2.45, 2.75) is 56.9 Å². The fourth-order valence-electron chi connectivity index (χ4n) is 5.21. The molecule has 1 aromatic rings. The Morgan fingerprint density at radius 2 is 2.10 bits per heavy atom. The second-order valence-corrected chi connectivity index (χ2v) is 7.15. The third-order valence-corrected chi connectivity index (χ3v) is 5.98. The van der Waals surface area contributed by atoms with Crippen molar-refractivity contribution in [2.24, 2.45) is 5.92 Å². The highest BCUT2D eigenvalue weighted by Gasteiger charge is 2.49. The molecule has 0 aromatic heterocycles. The lowest BCUT2D eigenvalue weighted by Crippen LogP contribution is -2.54. The Balaban J connectivity index is 2.18. The Morgan fingerprint density at radius 3 is 2.76 bits per heavy atom. The van der Waals surface area contributed by atoms with Crippen LogP contribution in [0.15, 0.2) is 18.2 Å². The first-order valence-corrected chi connectivity index (χ1v) is 8.46. The maximum atomic E-state index is 5.52. The van der Waals surface area contributed by atoms with E-state index in [-0.39, 0.29) is 0 Å². The lowest BCUT2D eigenvalue weighted by atomic mass is 9.60. The number of hydrogen-bond acceptors (Lipinski definition) is 2. The van der Waals surface area contributed by atoms with Gasteiger partial charge in [-0.15, -0.1) is 0 Å². The van der Waals surface area contributed by atoms with Crippen LogP contribution in [0.1, 0.15) is 50.2 Å². The number of benzene rings is 1. The zero-order valence-corrected chi connectivity index (χ0v) is 14.0. The molecule has 0 N–H and O–H groups in total. The van der Waals surface area contributed by atoms with Crippen LogP contribution in [0.3, 0.4) is 0 Å². The monoisotopic (exact) mass is 287 g/mol. The number of methoxy groups -OCH3 is 1. The minimum atomic E-state index is 0.312. The van der Waals surface area contributed by atoms with Crippen molar-refractivity contribution >= 4 is 0 Å². The van der Waals surface area contributed by atoms with Gasteiger partial charge in [0.1, 0.15) is 5.75 Å². The molecule has 2 aliphatic rings. The molecule has 3 atom stereocenters. The van der Waals surface area contributed by atoms with Crippen LogP contribution < -0.4 is 4.74 Å². The molecule has 0 heterocycles. The molecule has 0 saturated heterocycles. The molecule has 2 aliphatic carbocycles. The Hall–Kier alpha value is -1.02. The molecule has 1 fully saturated rings. The Bertz CT molecular complexity index is 510. The third-order valence-electron chi connectivity index (χ3n) is 5.98. The summed E-state index contributed by atoms with van der Waals surface area (Å²) in [6.07, 6.45) is 7.93. The molecule has 2 bridgehead atoms. The molecule has 1 saturated carbocycles. The summed E-state index contributed by atoms with van der Waals surface area (Å²) in [6.45, 7) is 2.38. The van der Waals surface area contributed by atoms with Crippen molar-refractivity contribution in [3.63, 3.8) is 0 Å². The molecule has 0 aliphatic heterocycles. The molecule has 0 radical (unpaired) electrons. The number of likely N-dealkylation sites (N-methyl/N-ethyl adjacent to an activating group) is 1. The van der Waals surface area contributed by atoms with E-state index < -0.39 is 0 Å². The highest BCUT2D eigenvalue weighted by molar-refractivity contribution is 5.45. The van der Waals surface area contributed by atoms with Crippen LogP contribution in [0, 0.1) is 5.92 Å². The topological polar surface area (TPSA) is 12.5 Å². The minimum absolute atomic E-state index is 0.312. The van der Waals surface area contributed by atoms with Gasteiger partial charge in [-0.2, -0.15) is 0 Å².